The van der Waals surface area contributed by atoms with Gasteiger partial charge in [-0.1, -0.05) is 0 Å². The van der Waals surface area contributed by atoms with Crippen LogP contribution in [-0.4, -0.2) is 44.9 Å². The molecule has 1 amide bonds. The number of alkyl halides is 3. The SMILES string of the molecule is CN(C)C(=O)Cn1cc2c(n1)[C@H](Nc1ccc(C(F)(F)F)nn1)CCC2. The number of amides is 1. The maximum Gasteiger partial charge on any atom is 0.435 e. The van der Waals surface area contributed by atoms with Gasteiger partial charge in [-0.05, 0) is 37.0 Å². The van der Waals surface area contributed by atoms with Crippen molar-refractivity contribution in [1.82, 2.24) is 24.9 Å². The average Bonchev–Trinajstić information content (AvgIpc) is 2.98. The van der Waals surface area contributed by atoms with Crippen LogP contribution in [-0.2, 0) is 23.9 Å². The van der Waals surface area contributed by atoms with Crippen molar-refractivity contribution in [1.29, 1.82) is 0 Å². The van der Waals surface area contributed by atoms with Crippen LogP contribution in [0.4, 0.5) is 19.0 Å². The Balaban J connectivity index is 1.75. The van der Waals surface area contributed by atoms with Crippen LogP contribution < -0.4 is 5.32 Å². The number of aryl methyl sites for hydroxylation is 1. The number of nitrogens with zero attached hydrogens (tertiary/aromatic N) is 5. The third kappa shape index (κ3) is 3.94. The van der Waals surface area contributed by atoms with E-state index in [4.69, 9.17) is 0 Å². The lowest BCUT2D eigenvalue weighted by molar-refractivity contribution is -0.141. The lowest BCUT2D eigenvalue weighted by Gasteiger charge is -2.22. The van der Waals surface area contributed by atoms with Crippen LogP contribution in [0.2, 0.25) is 0 Å². The first-order valence-electron chi connectivity index (χ1n) is 8.18. The molecule has 7 nitrogen and oxygen atoms in total. The van der Waals surface area contributed by atoms with Gasteiger partial charge in [0.25, 0.3) is 0 Å². The molecule has 0 aliphatic heterocycles. The zero-order valence-corrected chi connectivity index (χ0v) is 14.4. The summed E-state index contributed by atoms with van der Waals surface area (Å²) in [6.07, 6.45) is -0.132. The molecule has 2 aromatic rings. The number of rotatable bonds is 4. The second-order valence-corrected chi connectivity index (χ2v) is 6.42. The van der Waals surface area contributed by atoms with Gasteiger partial charge in [-0.25, -0.2) is 0 Å². The molecule has 0 radical (unpaired) electrons. The molecule has 0 unspecified atom stereocenters. The molecule has 1 aliphatic rings. The van der Waals surface area contributed by atoms with Gasteiger partial charge in [0.2, 0.25) is 5.91 Å². The van der Waals surface area contributed by atoms with Gasteiger partial charge in [-0.3, -0.25) is 9.48 Å². The van der Waals surface area contributed by atoms with Crippen LogP contribution in [0.25, 0.3) is 0 Å². The summed E-state index contributed by atoms with van der Waals surface area (Å²) >= 11 is 0. The number of anilines is 1. The van der Waals surface area contributed by atoms with Crippen LogP contribution in [0.5, 0.6) is 0 Å². The molecule has 0 fully saturated rings. The summed E-state index contributed by atoms with van der Waals surface area (Å²) in [4.78, 5) is 13.3. The van der Waals surface area contributed by atoms with Crippen molar-refractivity contribution in [2.45, 2.75) is 38.0 Å². The lowest BCUT2D eigenvalue weighted by Crippen LogP contribution is -2.26. The van der Waals surface area contributed by atoms with Crippen molar-refractivity contribution in [3.8, 4) is 0 Å². The fourth-order valence-corrected chi connectivity index (χ4v) is 2.84. The van der Waals surface area contributed by atoms with Crippen molar-refractivity contribution in [2.75, 3.05) is 19.4 Å². The predicted molar refractivity (Wildman–Crippen MR) is 87.3 cm³/mol. The Kier molecular flexibility index (Phi) is 4.84. The molecule has 0 saturated heterocycles. The van der Waals surface area contributed by atoms with Gasteiger partial charge in [0.1, 0.15) is 12.4 Å². The Morgan fingerprint density at radius 1 is 1.35 bits per heavy atom. The summed E-state index contributed by atoms with van der Waals surface area (Å²) in [6, 6.07) is 1.98. The van der Waals surface area contributed by atoms with E-state index < -0.39 is 11.9 Å². The maximum atomic E-state index is 12.6. The molecule has 1 aliphatic carbocycles. The van der Waals surface area contributed by atoms with E-state index in [1.807, 2.05) is 6.20 Å². The van der Waals surface area contributed by atoms with E-state index in [1.54, 1.807) is 18.8 Å². The summed E-state index contributed by atoms with van der Waals surface area (Å²) in [6.45, 7) is 0.146. The molecule has 2 aromatic heterocycles. The molecular weight excluding hydrogens is 349 g/mol. The molecular formula is C16H19F3N6O. The first-order chi connectivity index (χ1) is 12.2. The minimum Gasteiger partial charge on any atom is -0.360 e. The van der Waals surface area contributed by atoms with E-state index in [2.05, 4.69) is 20.6 Å². The Labute approximate surface area is 148 Å². The molecule has 0 bridgehead atoms. The zero-order chi connectivity index (χ0) is 18.9. The zero-order valence-electron chi connectivity index (χ0n) is 14.4. The van der Waals surface area contributed by atoms with Gasteiger partial charge >= 0.3 is 6.18 Å². The smallest absolute Gasteiger partial charge is 0.360 e. The van der Waals surface area contributed by atoms with Crippen LogP contribution in [0.15, 0.2) is 18.3 Å². The maximum absolute atomic E-state index is 12.6. The normalized spacial score (nSPS) is 16.9. The first-order valence-corrected chi connectivity index (χ1v) is 8.18. The summed E-state index contributed by atoms with van der Waals surface area (Å²) in [5.41, 5.74) is 0.795. The number of likely N-dealkylation sites (N-methyl/N-ethyl adjacent to an activating group) is 1. The molecule has 26 heavy (non-hydrogen) atoms. The number of hydrogen-bond acceptors (Lipinski definition) is 5. The minimum absolute atomic E-state index is 0.0667. The van der Waals surface area contributed by atoms with Gasteiger partial charge in [-0.15, -0.1) is 10.2 Å². The molecule has 0 spiro atoms. The Morgan fingerprint density at radius 3 is 2.73 bits per heavy atom. The number of fused-ring (bicyclic) bond motifs is 1. The summed E-state index contributed by atoms with van der Waals surface area (Å²) in [5.74, 6) is 0.192. The van der Waals surface area contributed by atoms with Crippen molar-refractivity contribution >= 4 is 11.7 Å². The summed E-state index contributed by atoms with van der Waals surface area (Å²) in [5, 5.41) is 14.4. The third-order valence-corrected chi connectivity index (χ3v) is 4.21. The van der Waals surface area contributed by atoms with Crippen molar-refractivity contribution < 1.29 is 18.0 Å². The number of carbonyl (C=O) groups is 1. The number of halogens is 3. The van der Waals surface area contributed by atoms with E-state index in [0.29, 0.717) is 0 Å². The molecule has 3 rings (SSSR count). The highest BCUT2D eigenvalue weighted by Gasteiger charge is 2.33. The lowest BCUT2D eigenvalue weighted by atomic mass is 9.94. The average molecular weight is 368 g/mol. The van der Waals surface area contributed by atoms with E-state index in [0.717, 1.165) is 36.6 Å². The Hall–Kier alpha value is -2.65. The monoisotopic (exact) mass is 368 g/mol. The topological polar surface area (TPSA) is 75.9 Å². The van der Waals surface area contributed by atoms with E-state index in [1.165, 1.54) is 11.0 Å². The summed E-state index contributed by atoms with van der Waals surface area (Å²) in [7, 11) is 3.36. The number of hydrogen-bond donors (Lipinski definition) is 1. The third-order valence-electron chi connectivity index (χ3n) is 4.21. The predicted octanol–water partition coefficient (Wildman–Crippen LogP) is 2.27. The van der Waals surface area contributed by atoms with Crippen LogP contribution >= 0.6 is 0 Å². The van der Waals surface area contributed by atoms with E-state index in [9.17, 15) is 18.0 Å². The van der Waals surface area contributed by atoms with E-state index >= 15 is 0 Å². The molecule has 140 valence electrons. The largest absolute Gasteiger partial charge is 0.435 e. The molecule has 0 aromatic carbocycles. The van der Waals surface area contributed by atoms with Gasteiger partial charge in [-0.2, -0.15) is 18.3 Å². The van der Waals surface area contributed by atoms with Crippen molar-refractivity contribution in [3.63, 3.8) is 0 Å². The summed E-state index contributed by atoms with van der Waals surface area (Å²) < 4.78 is 39.3. The second-order valence-electron chi connectivity index (χ2n) is 6.42. The standard InChI is InChI=1S/C16H19F3N6O/c1-24(2)14(26)9-25-8-10-4-3-5-11(15(10)23-25)20-13-7-6-12(21-22-13)16(17,18)19/h6-8,11H,3-5,9H2,1-2H3,(H,20,22)/t11-/m1/s1. The van der Waals surface area contributed by atoms with Gasteiger partial charge in [0, 0.05) is 20.3 Å². The fourth-order valence-electron chi connectivity index (χ4n) is 2.84. The van der Waals surface area contributed by atoms with Gasteiger partial charge < -0.3 is 10.2 Å². The highest BCUT2D eigenvalue weighted by Crippen LogP contribution is 2.32. The molecule has 1 atom stereocenters. The van der Waals surface area contributed by atoms with Gasteiger partial charge in [0.15, 0.2) is 5.69 Å². The van der Waals surface area contributed by atoms with Crippen molar-refractivity contribution in [3.05, 3.63) is 35.3 Å². The molecule has 1 N–H and O–H groups in total. The highest BCUT2D eigenvalue weighted by molar-refractivity contribution is 5.75. The number of carbonyl (C=O) groups excluding carboxylic acids is 1. The molecule has 0 saturated carbocycles. The fraction of sp³-hybridized carbons (Fsp3) is 0.500. The van der Waals surface area contributed by atoms with Gasteiger partial charge in [0.05, 0.1) is 11.7 Å². The molecule has 2 heterocycles. The number of aromatic nitrogens is 4. The van der Waals surface area contributed by atoms with E-state index in [-0.39, 0.29) is 24.3 Å². The second kappa shape index (κ2) is 6.93. The minimum atomic E-state index is -4.51. The highest BCUT2D eigenvalue weighted by atomic mass is 19.4. The Morgan fingerprint density at radius 2 is 2.12 bits per heavy atom. The van der Waals surface area contributed by atoms with Crippen molar-refractivity contribution in [2.24, 2.45) is 0 Å². The Bertz CT molecular complexity index is 784. The van der Waals surface area contributed by atoms with Crippen LogP contribution in [0.1, 0.15) is 35.8 Å². The quantitative estimate of drug-likeness (QED) is 0.896. The molecule has 10 heteroatoms. The number of nitrogens with one attached hydrogen (secondary N) is 1. The van der Waals surface area contributed by atoms with Crippen LogP contribution in [0, 0.1) is 0 Å². The first kappa shape index (κ1) is 18.2. The van der Waals surface area contributed by atoms with Crippen LogP contribution in [0.3, 0.4) is 0 Å².